The van der Waals surface area contributed by atoms with Gasteiger partial charge in [-0.15, -0.1) is 5.10 Å². The second-order valence-electron chi connectivity index (χ2n) is 5.47. The first-order valence-electron chi connectivity index (χ1n) is 7.74. The molecular weight excluding hydrogens is 377 g/mol. The molecule has 2 aromatic carbocycles. The van der Waals surface area contributed by atoms with Crippen LogP contribution in [0.2, 0.25) is 5.02 Å². The van der Waals surface area contributed by atoms with Crippen LogP contribution in [0.5, 0.6) is 0 Å². The Morgan fingerprint density at radius 3 is 2.59 bits per heavy atom. The Morgan fingerprint density at radius 1 is 1.22 bits per heavy atom. The number of amides is 1. The van der Waals surface area contributed by atoms with Crippen molar-refractivity contribution < 1.29 is 18.7 Å². The molecule has 1 amide bonds. The van der Waals surface area contributed by atoms with Gasteiger partial charge in [0, 0.05) is 5.69 Å². The maximum atomic E-state index is 13.1. The van der Waals surface area contributed by atoms with E-state index in [4.69, 9.17) is 16.3 Å². The van der Waals surface area contributed by atoms with Gasteiger partial charge in [0.15, 0.2) is 6.10 Å². The van der Waals surface area contributed by atoms with E-state index in [0.29, 0.717) is 11.4 Å². The molecule has 0 aliphatic rings. The van der Waals surface area contributed by atoms with Crippen molar-refractivity contribution in [2.45, 2.75) is 13.0 Å². The molecule has 0 aliphatic heterocycles. The molecule has 0 unspecified atom stereocenters. The lowest BCUT2D eigenvalue weighted by atomic mass is 10.2. The Balaban J connectivity index is 1.61. The Labute approximate surface area is 157 Å². The maximum Gasteiger partial charge on any atom is 0.338 e. The Bertz CT molecular complexity index is 963. The highest BCUT2D eigenvalue weighted by Gasteiger charge is 2.19. The van der Waals surface area contributed by atoms with Crippen molar-refractivity contribution >= 4 is 29.2 Å². The van der Waals surface area contributed by atoms with Gasteiger partial charge in [0.2, 0.25) is 0 Å². The molecule has 0 fully saturated rings. The summed E-state index contributed by atoms with van der Waals surface area (Å²) in [5.41, 5.74) is 1.21. The predicted molar refractivity (Wildman–Crippen MR) is 94.1 cm³/mol. The van der Waals surface area contributed by atoms with Crippen LogP contribution < -0.4 is 5.32 Å². The molecule has 1 N–H and O–H groups in total. The van der Waals surface area contributed by atoms with Gasteiger partial charge < -0.3 is 10.1 Å². The van der Waals surface area contributed by atoms with Crippen LogP contribution >= 0.6 is 11.6 Å². The monoisotopic (exact) mass is 389 g/mol. The third-order valence-corrected chi connectivity index (χ3v) is 3.85. The largest absolute Gasteiger partial charge is 0.449 e. The first kappa shape index (κ1) is 18.5. The number of anilines is 1. The number of rotatable bonds is 5. The molecule has 0 spiro atoms. The lowest BCUT2D eigenvalue weighted by molar-refractivity contribution is -0.123. The van der Waals surface area contributed by atoms with E-state index in [9.17, 15) is 14.0 Å². The van der Waals surface area contributed by atoms with Crippen molar-refractivity contribution in [3.05, 3.63) is 65.2 Å². The van der Waals surface area contributed by atoms with E-state index in [1.807, 2.05) is 0 Å². The van der Waals surface area contributed by atoms with Crippen LogP contribution in [-0.4, -0.2) is 38.2 Å². The van der Waals surface area contributed by atoms with E-state index in [2.05, 4.69) is 20.8 Å². The molecule has 0 saturated heterocycles. The molecule has 3 aromatic rings. The van der Waals surface area contributed by atoms with Crippen molar-refractivity contribution in [2.24, 2.45) is 0 Å². The number of nitrogens with one attached hydrogen (secondary N) is 1. The fourth-order valence-corrected chi connectivity index (χ4v) is 2.31. The SMILES string of the molecule is C[C@H](OC(=O)c1ccc(-n2cnnn2)cc1)C(=O)Nc1ccc(F)c(Cl)c1. The van der Waals surface area contributed by atoms with E-state index in [1.165, 1.54) is 42.2 Å². The zero-order valence-corrected chi connectivity index (χ0v) is 14.7. The molecule has 138 valence electrons. The Morgan fingerprint density at radius 2 is 1.96 bits per heavy atom. The minimum atomic E-state index is -1.07. The fourth-order valence-electron chi connectivity index (χ4n) is 2.13. The molecule has 27 heavy (non-hydrogen) atoms. The fraction of sp³-hybridized carbons (Fsp3) is 0.118. The number of ether oxygens (including phenoxy) is 1. The highest BCUT2D eigenvalue weighted by atomic mass is 35.5. The van der Waals surface area contributed by atoms with Crippen LogP contribution in [0, 0.1) is 5.82 Å². The summed E-state index contributed by atoms with van der Waals surface area (Å²) in [6, 6.07) is 10.1. The molecule has 3 rings (SSSR count). The van der Waals surface area contributed by atoms with Crippen molar-refractivity contribution in [3.8, 4) is 5.69 Å². The lowest BCUT2D eigenvalue weighted by Crippen LogP contribution is -2.30. The van der Waals surface area contributed by atoms with Gasteiger partial charge in [0.05, 0.1) is 16.3 Å². The number of halogens is 2. The van der Waals surface area contributed by atoms with Crippen molar-refractivity contribution in [1.82, 2.24) is 20.2 Å². The van der Waals surface area contributed by atoms with Crippen LogP contribution in [0.15, 0.2) is 48.8 Å². The number of hydrogen-bond donors (Lipinski definition) is 1. The van der Waals surface area contributed by atoms with Gasteiger partial charge in [-0.3, -0.25) is 4.79 Å². The highest BCUT2D eigenvalue weighted by Crippen LogP contribution is 2.19. The topological polar surface area (TPSA) is 99.0 Å². The number of esters is 1. The molecule has 10 heteroatoms. The molecule has 0 bridgehead atoms. The average Bonchev–Trinajstić information content (AvgIpc) is 3.19. The van der Waals surface area contributed by atoms with Crippen LogP contribution in [0.3, 0.4) is 0 Å². The number of carbonyl (C=O) groups excluding carboxylic acids is 2. The molecule has 8 nitrogen and oxygen atoms in total. The molecule has 1 atom stereocenters. The summed E-state index contributed by atoms with van der Waals surface area (Å²) in [5.74, 6) is -1.84. The van der Waals surface area contributed by atoms with E-state index in [1.54, 1.807) is 12.1 Å². The van der Waals surface area contributed by atoms with Crippen molar-refractivity contribution in [2.75, 3.05) is 5.32 Å². The molecular formula is C17H13ClFN5O3. The van der Waals surface area contributed by atoms with Crippen LogP contribution in [-0.2, 0) is 9.53 Å². The van der Waals surface area contributed by atoms with Gasteiger partial charge >= 0.3 is 5.97 Å². The van der Waals surface area contributed by atoms with Gasteiger partial charge in [0.25, 0.3) is 5.91 Å². The molecule has 0 saturated carbocycles. The van der Waals surface area contributed by atoms with Crippen LogP contribution in [0.1, 0.15) is 17.3 Å². The third kappa shape index (κ3) is 4.45. The predicted octanol–water partition coefficient (Wildman–Crippen LogP) is 2.64. The van der Waals surface area contributed by atoms with Crippen LogP contribution in [0.25, 0.3) is 5.69 Å². The Kier molecular flexibility index (Phi) is 5.41. The number of aromatic nitrogens is 4. The third-order valence-electron chi connectivity index (χ3n) is 3.56. The first-order valence-corrected chi connectivity index (χ1v) is 8.12. The van der Waals surface area contributed by atoms with E-state index in [-0.39, 0.29) is 10.6 Å². The van der Waals surface area contributed by atoms with E-state index in [0.717, 1.165) is 6.07 Å². The van der Waals surface area contributed by atoms with Gasteiger partial charge in [-0.05, 0) is 59.8 Å². The molecule has 1 aromatic heterocycles. The summed E-state index contributed by atoms with van der Waals surface area (Å²) in [7, 11) is 0. The summed E-state index contributed by atoms with van der Waals surface area (Å²) in [6.07, 6.45) is 0.349. The first-order chi connectivity index (χ1) is 12.9. The molecule has 0 aliphatic carbocycles. The summed E-state index contributed by atoms with van der Waals surface area (Å²) in [5, 5.41) is 13.2. The quantitative estimate of drug-likeness (QED) is 0.673. The average molecular weight is 390 g/mol. The van der Waals surface area contributed by atoms with Crippen molar-refractivity contribution in [1.29, 1.82) is 0 Å². The number of tetrazole rings is 1. The summed E-state index contributed by atoms with van der Waals surface area (Å²) >= 11 is 5.67. The summed E-state index contributed by atoms with van der Waals surface area (Å²) in [4.78, 5) is 24.3. The second-order valence-corrected chi connectivity index (χ2v) is 5.87. The standard InChI is InChI=1S/C17H13ClFN5O3/c1-10(16(25)21-12-4-7-15(19)14(18)8-12)27-17(26)11-2-5-13(6-3-11)24-9-20-22-23-24/h2-10H,1H3,(H,21,25)/t10-/m0/s1. The van der Waals surface area contributed by atoms with E-state index < -0.39 is 23.8 Å². The van der Waals surface area contributed by atoms with Gasteiger partial charge in [-0.2, -0.15) is 0 Å². The minimum Gasteiger partial charge on any atom is -0.449 e. The summed E-state index contributed by atoms with van der Waals surface area (Å²) in [6.45, 7) is 1.42. The number of nitrogens with zero attached hydrogens (tertiary/aromatic N) is 4. The van der Waals surface area contributed by atoms with Gasteiger partial charge in [-0.1, -0.05) is 11.6 Å². The Hall–Kier alpha value is -3.33. The number of hydrogen-bond acceptors (Lipinski definition) is 6. The minimum absolute atomic E-state index is 0.125. The zero-order chi connectivity index (χ0) is 19.4. The van der Waals surface area contributed by atoms with E-state index >= 15 is 0 Å². The van der Waals surface area contributed by atoms with Crippen LogP contribution in [0.4, 0.5) is 10.1 Å². The molecule has 1 heterocycles. The highest BCUT2D eigenvalue weighted by molar-refractivity contribution is 6.31. The molecule has 0 radical (unpaired) electrons. The second kappa shape index (κ2) is 7.92. The zero-order valence-electron chi connectivity index (χ0n) is 14.0. The van der Waals surface area contributed by atoms with Gasteiger partial charge in [-0.25, -0.2) is 13.9 Å². The lowest BCUT2D eigenvalue weighted by Gasteiger charge is -2.14. The smallest absolute Gasteiger partial charge is 0.338 e. The number of benzene rings is 2. The maximum absolute atomic E-state index is 13.1. The summed E-state index contributed by atoms with van der Waals surface area (Å²) < 4.78 is 19.7. The number of carbonyl (C=O) groups is 2. The van der Waals surface area contributed by atoms with Gasteiger partial charge in [0.1, 0.15) is 12.1 Å². The van der Waals surface area contributed by atoms with Crippen molar-refractivity contribution in [3.63, 3.8) is 0 Å². The normalized spacial score (nSPS) is 11.7.